The van der Waals surface area contributed by atoms with Crippen LogP contribution in [0.2, 0.25) is 25.7 Å². The molecule has 1 aromatic heterocycles. The van der Waals surface area contributed by atoms with Crippen molar-refractivity contribution in [3.8, 4) is 5.88 Å². The highest BCUT2D eigenvalue weighted by Crippen LogP contribution is 2.67. The second-order valence-electron chi connectivity index (χ2n) is 11.6. The molecule has 1 unspecified atom stereocenters. The lowest BCUT2D eigenvalue weighted by Gasteiger charge is -2.37. The number of methoxy groups -OCH3 is 1. The van der Waals surface area contributed by atoms with Gasteiger partial charge in [0.1, 0.15) is 17.1 Å². The van der Waals surface area contributed by atoms with E-state index >= 15 is 0 Å². The Morgan fingerprint density at radius 2 is 2.00 bits per heavy atom. The van der Waals surface area contributed by atoms with E-state index in [4.69, 9.17) is 19.2 Å². The molecule has 1 amide bonds. The number of aromatic nitrogens is 1. The molecule has 1 saturated carbocycles. The van der Waals surface area contributed by atoms with E-state index in [-0.39, 0.29) is 17.8 Å². The van der Waals surface area contributed by atoms with E-state index in [1.54, 1.807) is 27.0 Å². The maximum Gasteiger partial charge on any atom is 0.418 e. The van der Waals surface area contributed by atoms with Crippen LogP contribution >= 0.6 is 27.7 Å². The molecule has 36 heavy (non-hydrogen) atoms. The van der Waals surface area contributed by atoms with E-state index in [1.165, 1.54) is 12.0 Å². The normalized spacial score (nSPS) is 25.5. The van der Waals surface area contributed by atoms with Crippen LogP contribution in [0.15, 0.2) is 21.7 Å². The van der Waals surface area contributed by atoms with Crippen molar-refractivity contribution < 1.29 is 28.9 Å². The van der Waals surface area contributed by atoms with Gasteiger partial charge in [0, 0.05) is 36.8 Å². The zero-order valence-corrected chi connectivity index (χ0v) is 25.6. The summed E-state index contributed by atoms with van der Waals surface area (Å²) in [6.45, 7) is 14.4. The highest BCUT2D eigenvalue weighted by atomic mass is 79.9. The van der Waals surface area contributed by atoms with Crippen molar-refractivity contribution in [2.24, 2.45) is 10.9 Å². The molecule has 2 aliphatic rings. The van der Waals surface area contributed by atoms with Crippen molar-refractivity contribution in [2.75, 3.05) is 20.4 Å². The first-order valence-electron chi connectivity index (χ1n) is 11.8. The lowest BCUT2D eigenvalue weighted by atomic mass is 9.86. The number of ether oxygens (including phenoxy) is 3. The molecule has 3 atom stereocenters. The number of aliphatic imine (C=N–C) groups is 1. The SMILES string of the molecule is COc1ncc(Br)cc1[C@@]1(C)N=C(N(COCC[Si](C)(C)C)C(=O)OC(C)(C)C)S[C@@]2(C(=O)O)CC21. The Kier molecular flexibility index (Phi) is 8.25. The number of carboxylic acid groups (broad SMARTS) is 1. The molecule has 0 saturated heterocycles. The highest BCUT2D eigenvalue weighted by molar-refractivity contribution is 9.10. The van der Waals surface area contributed by atoms with Gasteiger partial charge in [-0.05, 0) is 62.2 Å². The molecule has 1 aliphatic carbocycles. The predicted octanol–water partition coefficient (Wildman–Crippen LogP) is 5.56. The monoisotopic (exact) mass is 601 g/mol. The number of fused-ring (bicyclic) bond motifs is 1. The number of nitrogens with zero attached hydrogens (tertiary/aromatic N) is 3. The van der Waals surface area contributed by atoms with E-state index in [9.17, 15) is 14.7 Å². The second kappa shape index (κ2) is 10.3. The Morgan fingerprint density at radius 3 is 2.56 bits per heavy atom. The number of amidine groups is 1. The predicted molar refractivity (Wildman–Crippen MR) is 146 cm³/mol. The van der Waals surface area contributed by atoms with Crippen molar-refractivity contribution in [1.29, 1.82) is 0 Å². The topological polar surface area (TPSA) is 111 Å². The van der Waals surface area contributed by atoms with Crippen molar-refractivity contribution in [3.63, 3.8) is 0 Å². The third kappa shape index (κ3) is 6.25. The summed E-state index contributed by atoms with van der Waals surface area (Å²) in [4.78, 5) is 36.5. The molecular formula is C24H36BrN3O6SSi. The number of aliphatic carboxylic acids is 1. The number of hydrogen-bond donors (Lipinski definition) is 1. The number of carboxylic acids is 1. The zero-order chi connectivity index (χ0) is 27.1. The molecule has 1 fully saturated rings. The first-order valence-corrected chi connectivity index (χ1v) is 17.1. The molecule has 1 N–H and O–H groups in total. The third-order valence-corrected chi connectivity index (χ3v) is 9.79. The van der Waals surface area contributed by atoms with Crippen LogP contribution in [0.4, 0.5) is 4.79 Å². The quantitative estimate of drug-likeness (QED) is 0.234. The molecule has 200 valence electrons. The van der Waals surface area contributed by atoms with Gasteiger partial charge in [0.05, 0.1) is 12.6 Å². The average Bonchev–Trinajstić information content (AvgIpc) is 3.49. The first kappa shape index (κ1) is 28.9. The van der Waals surface area contributed by atoms with Gasteiger partial charge in [0.25, 0.3) is 0 Å². The van der Waals surface area contributed by atoms with Crippen molar-refractivity contribution >= 4 is 53.0 Å². The smallest absolute Gasteiger partial charge is 0.418 e. The molecule has 12 heteroatoms. The van der Waals surface area contributed by atoms with Gasteiger partial charge in [0.2, 0.25) is 5.88 Å². The van der Waals surface area contributed by atoms with Gasteiger partial charge < -0.3 is 19.3 Å². The molecule has 2 heterocycles. The number of thioether (sulfide) groups is 1. The summed E-state index contributed by atoms with van der Waals surface area (Å²) in [6.07, 6.45) is 1.37. The maximum atomic E-state index is 13.3. The Hall–Kier alpha value is -1.63. The summed E-state index contributed by atoms with van der Waals surface area (Å²) in [5.41, 5.74) is -1.10. The fourth-order valence-corrected chi connectivity index (χ4v) is 6.70. The Morgan fingerprint density at radius 1 is 1.33 bits per heavy atom. The lowest BCUT2D eigenvalue weighted by Crippen LogP contribution is -2.47. The summed E-state index contributed by atoms with van der Waals surface area (Å²) in [7, 11) is 0.169. The van der Waals surface area contributed by atoms with Crippen molar-refractivity contribution in [2.45, 2.75) is 75.7 Å². The highest BCUT2D eigenvalue weighted by Gasteiger charge is 2.72. The van der Waals surface area contributed by atoms with Gasteiger partial charge in [-0.1, -0.05) is 31.4 Å². The first-order chi connectivity index (χ1) is 16.5. The minimum absolute atomic E-state index is 0.0878. The number of carbonyl (C=O) groups is 2. The van der Waals surface area contributed by atoms with Gasteiger partial charge in [-0.3, -0.25) is 9.79 Å². The van der Waals surface area contributed by atoms with E-state index in [0.29, 0.717) is 24.5 Å². The number of pyridine rings is 1. The molecule has 9 nitrogen and oxygen atoms in total. The molecule has 1 aliphatic heterocycles. The van der Waals surface area contributed by atoms with E-state index < -0.39 is 36.0 Å². The largest absolute Gasteiger partial charge is 0.481 e. The lowest BCUT2D eigenvalue weighted by molar-refractivity contribution is -0.137. The summed E-state index contributed by atoms with van der Waals surface area (Å²) < 4.78 is 16.7. The Labute approximate surface area is 226 Å². The van der Waals surface area contributed by atoms with Gasteiger partial charge in [-0.2, -0.15) is 0 Å². The Bertz CT molecular complexity index is 1060. The van der Waals surface area contributed by atoms with Gasteiger partial charge in [-0.15, -0.1) is 0 Å². The molecule has 1 aromatic rings. The summed E-state index contributed by atoms with van der Waals surface area (Å²) in [5, 5.41) is 10.5. The molecule has 3 rings (SSSR count). The van der Waals surface area contributed by atoms with Crippen LogP contribution in [0, 0.1) is 5.92 Å². The molecular weight excluding hydrogens is 566 g/mol. The summed E-state index contributed by atoms with van der Waals surface area (Å²) in [6, 6.07) is 2.77. The van der Waals surface area contributed by atoms with Gasteiger partial charge >= 0.3 is 12.1 Å². The van der Waals surface area contributed by atoms with Gasteiger partial charge in [-0.25, -0.2) is 14.7 Å². The number of halogens is 1. The summed E-state index contributed by atoms with van der Waals surface area (Å²) in [5.74, 6) is -0.895. The minimum atomic E-state index is -1.35. The number of rotatable bonds is 8. The van der Waals surface area contributed by atoms with Crippen LogP contribution in [0.1, 0.15) is 39.7 Å². The van der Waals surface area contributed by atoms with E-state index in [0.717, 1.165) is 22.3 Å². The third-order valence-electron chi connectivity index (χ3n) is 6.17. The van der Waals surface area contributed by atoms with Crippen molar-refractivity contribution in [1.82, 2.24) is 9.88 Å². The van der Waals surface area contributed by atoms with Crippen LogP contribution in [0.5, 0.6) is 5.88 Å². The van der Waals surface area contributed by atoms with Crippen molar-refractivity contribution in [3.05, 3.63) is 22.3 Å². The Balaban J connectivity index is 2.05. The number of hydrogen-bond acceptors (Lipinski definition) is 8. The fourth-order valence-electron chi connectivity index (χ4n) is 4.10. The maximum absolute atomic E-state index is 13.3. The van der Waals surface area contributed by atoms with Crippen LogP contribution < -0.4 is 4.74 Å². The van der Waals surface area contributed by atoms with E-state index in [2.05, 4.69) is 40.6 Å². The van der Waals surface area contributed by atoms with Crippen LogP contribution in [-0.2, 0) is 19.8 Å². The van der Waals surface area contributed by atoms with E-state index in [1.807, 2.05) is 13.0 Å². The molecule has 0 bridgehead atoms. The zero-order valence-electron chi connectivity index (χ0n) is 22.2. The van der Waals surface area contributed by atoms with Crippen LogP contribution in [-0.4, -0.2) is 71.1 Å². The van der Waals surface area contributed by atoms with Crippen LogP contribution in [0.25, 0.3) is 0 Å². The minimum Gasteiger partial charge on any atom is -0.481 e. The number of amides is 1. The number of carbonyl (C=O) groups excluding carboxylic acids is 1. The molecule has 0 radical (unpaired) electrons. The molecule has 0 aromatic carbocycles. The van der Waals surface area contributed by atoms with Crippen LogP contribution in [0.3, 0.4) is 0 Å². The molecule has 0 spiro atoms. The summed E-state index contributed by atoms with van der Waals surface area (Å²) >= 11 is 4.55. The fraction of sp³-hybridized carbons (Fsp3) is 0.667. The van der Waals surface area contributed by atoms with Gasteiger partial charge in [0.15, 0.2) is 5.17 Å². The average molecular weight is 603 g/mol. The second-order valence-corrected chi connectivity index (χ2v) is 19.4. The standard InChI is InChI=1S/C24H36BrN3O6SSi/c1-22(2,3)34-21(31)28(14-33-9-10-36(6,7)8)20-27-23(4,17-12-24(17,35-20)19(29)30)16-11-15(25)13-26-18(16)32-5/h11,13,17H,9-10,12,14H2,1-8H3,(H,29,30)/t17?,23-,24+/m1/s1.